The number of methoxy groups -OCH3 is 1. The molecule has 1 N–H and O–H groups in total. The zero-order chi connectivity index (χ0) is 17.8. The molecule has 1 aromatic heterocycles. The highest BCUT2D eigenvalue weighted by atomic mass is 32.2. The lowest BCUT2D eigenvalue weighted by atomic mass is 10.2. The van der Waals surface area contributed by atoms with Crippen molar-refractivity contribution in [1.82, 2.24) is 20.1 Å². The summed E-state index contributed by atoms with van der Waals surface area (Å²) in [7, 11) is 1.26. The van der Waals surface area contributed by atoms with Crippen LogP contribution in [0.3, 0.4) is 0 Å². The third-order valence-electron chi connectivity index (χ3n) is 3.68. The molecule has 1 fully saturated rings. The number of nitrogens with zero attached hydrogens (tertiary/aromatic N) is 3. The van der Waals surface area contributed by atoms with Gasteiger partial charge < -0.3 is 10.1 Å². The van der Waals surface area contributed by atoms with E-state index in [1.165, 1.54) is 24.9 Å². The number of carbonyl (C=O) groups is 2. The molecule has 0 spiro atoms. The van der Waals surface area contributed by atoms with Gasteiger partial charge in [-0.05, 0) is 25.0 Å². The maximum Gasteiger partial charge on any atom is 0.325 e. The van der Waals surface area contributed by atoms with Crippen LogP contribution in [0.1, 0.15) is 18.9 Å². The van der Waals surface area contributed by atoms with E-state index < -0.39 is 5.97 Å². The number of amides is 1. The number of hydrogen-bond acceptors (Lipinski definition) is 6. The summed E-state index contributed by atoms with van der Waals surface area (Å²) < 4.78 is 20.4. The van der Waals surface area contributed by atoms with Gasteiger partial charge in [-0.2, -0.15) is 0 Å². The standard InChI is InChI=1S/C16H17FN4O3S/c1-24-14(23)8-18-13(22)9-25-16-20-19-15(21(16)10-6-7-10)11-4-2-3-5-12(11)17/h2-5,10H,6-9H2,1H3,(H,18,22). The van der Waals surface area contributed by atoms with Crippen molar-refractivity contribution in [2.45, 2.75) is 24.0 Å². The molecule has 25 heavy (non-hydrogen) atoms. The maximum atomic E-state index is 14.1. The number of carbonyl (C=O) groups excluding carboxylic acids is 2. The van der Waals surface area contributed by atoms with Gasteiger partial charge in [-0.1, -0.05) is 23.9 Å². The van der Waals surface area contributed by atoms with Gasteiger partial charge in [0.15, 0.2) is 11.0 Å². The Kier molecular flexibility index (Phi) is 5.32. The highest BCUT2D eigenvalue weighted by molar-refractivity contribution is 7.99. The topological polar surface area (TPSA) is 86.1 Å². The summed E-state index contributed by atoms with van der Waals surface area (Å²) in [5, 5.41) is 11.3. The smallest absolute Gasteiger partial charge is 0.325 e. The van der Waals surface area contributed by atoms with Gasteiger partial charge in [0.2, 0.25) is 5.91 Å². The van der Waals surface area contributed by atoms with Crippen LogP contribution in [0.5, 0.6) is 0 Å². The largest absolute Gasteiger partial charge is 0.468 e. The Bertz CT molecular complexity index is 791. The predicted molar refractivity (Wildman–Crippen MR) is 89.4 cm³/mol. The van der Waals surface area contributed by atoms with Crippen LogP contribution in [0, 0.1) is 5.82 Å². The fourth-order valence-corrected chi connectivity index (χ4v) is 3.12. The predicted octanol–water partition coefficient (Wildman–Crippen LogP) is 1.80. The number of nitrogens with one attached hydrogen (secondary N) is 1. The Hall–Kier alpha value is -2.42. The third-order valence-corrected chi connectivity index (χ3v) is 4.62. The SMILES string of the molecule is COC(=O)CNC(=O)CSc1nnc(-c2ccccc2F)n1C1CC1. The lowest BCUT2D eigenvalue weighted by Crippen LogP contribution is -2.31. The van der Waals surface area contributed by atoms with Crippen molar-refractivity contribution in [3.8, 4) is 11.4 Å². The quantitative estimate of drug-likeness (QED) is 0.596. The molecule has 1 aromatic carbocycles. The van der Waals surface area contributed by atoms with Crippen LogP contribution in [0.2, 0.25) is 0 Å². The minimum Gasteiger partial charge on any atom is -0.468 e. The zero-order valence-corrected chi connectivity index (χ0v) is 14.4. The average molecular weight is 364 g/mol. The number of aromatic nitrogens is 3. The number of rotatable bonds is 7. The van der Waals surface area contributed by atoms with E-state index in [-0.39, 0.29) is 30.1 Å². The third kappa shape index (κ3) is 4.16. The summed E-state index contributed by atoms with van der Waals surface area (Å²) in [5.74, 6) is -0.629. The Balaban J connectivity index is 1.72. The molecule has 1 amide bonds. The molecule has 1 saturated carbocycles. The molecule has 1 aliphatic carbocycles. The molecule has 0 unspecified atom stereocenters. The number of halogens is 1. The number of benzene rings is 1. The Labute approximate surface area is 148 Å². The average Bonchev–Trinajstić information content (AvgIpc) is 3.38. The first kappa shape index (κ1) is 17.4. The number of hydrogen-bond donors (Lipinski definition) is 1. The molecule has 132 valence electrons. The zero-order valence-electron chi connectivity index (χ0n) is 13.6. The van der Waals surface area contributed by atoms with Crippen LogP contribution in [0.25, 0.3) is 11.4 Å². The van der Waals surface area contributed by atoms with Gasteiger partial charge in [0.05, 0.1) is 18.4 Å². The van der Waals surface area contributed by atoms with Crippen molar-refractivity contribution >= 4 is 23.6 Å². The van der Waals surface area contributed by atoms with E-state index in [0.29, 0.717) is 16.5 Å². The van der Waals surface area contributed by atoms with Gasteiger partial charge in [0.1, 0.15) is 12.4 Å². The molecule has 1 aliphatic rings. The molecule has 0 atom stereocenters. The Morgan fingerprint density at radius 1 is 1.36 bits per heavy atom. The van der Waals surface area contributed by atoms with Crippen LogP contribution in [0.15, 0.2) is 29.4 Å². The van der Waals surface area contributed by atoms with E-state index in [4.69, 9.17) is 0 Å². The minimum atomic E-state index is -0.513. The van der Waals surface area contributed by atoms with Crippen LogP contribution in [0.4, 0.5) is 4.39 Å². The van der Waals surface area contributed by atoms with Crippen LogP contribution in [-0.2, 0) is 14.3 Å². The van der Waals surface area contributed by atoms with Crippen molar-refractivity contribution in [3.05, 3.63) is 30.1 Å². The molecule has 0 aliphatic heterocycles. The van der Waals surface area contributed by atoms with Crippen LogP contribution in [-0.4, -0.2) is 46.0 Å². The van der Waals surface area contributed by atoms with Crippen LogP contribution < -0.4 is 5.32 Å². The summed E-state index contributed by atoms with van der Waals surface area (Å²) in [6.45, 7) is -0.175. The van der Waals surface area contributed by atoms with Crippen molar-refractivity contribution in [3.63, 3.8) is 0 Å². The molecule has 9 heteroatoms. The van der Waals surface area contributed by atoms with Gasteiger partial charge in [-0.25, -0.2) is 4.39 Å². The van der Waals surface area contributed by atoms with Gasteiger partial charge in [-0.3, -0.25) is 14.2 Å². The Morgan fingerprint density at radius 3 is 2.80 bits per heavy atom. The lowest BCUT2D eigenvalue weighted by Gasteiger charge is -2.09. The first-order valence-electron chi connectivity index (χ1n) is 7.76. The molecule has 2 aromatic rings. The summed E-state index contributed by atoms with van der Waals surface area (Å²) in [4.78, 5) is 22.8. The molecule has 0 saturated heterocycles. The van der Waals surface area contributed by atoms with E-state index in [1.807, 2.05) is 4.57 Å². The summed E-state index contributed by atoms with van der Waals surface area (Å²) in [5.41, 5.74) is 0.392. The normalized spacial score (nSPS) is 13.5. The highest BCUT2D eigenvalue weighted by Gasteiger charge is 2.31. The molecule has 3 rings (SSSR count). The van der Waals surface area contributed by atoms with Crippen molar-refractivity contribution < 1.29 is 18.7 Å². The summed E-state index contributed by atoms with van der Waals surface area (Å²) in [6, 6.07) is 6.64. The number of thioether (sulfide) groups is 1. The fourth-order valence-electron chi connectivity index (χ4n) is 2.29. The molecule has 1 heterocycles. The fraction of sp³-hybridized carbons (Fsp3) is 0.375. The minimum absolute atomic E-state index is 0.0825. The second-order valence-corrected chi connectivity index (χ2v) is 6.47. The lowest BCUT2D eigenvalue weighted by molar-refractivity contribution is -0.140. The van der Waals surface area contributed by atoms with Crippen molar-refractivity contribution in [1.29, 1.82) is 0 Å². The first-order valence-corrected chi connectivity index (χ1v) is 8.75. The molecular weight excluding hydrogens is 347 g/mol. The van der Waals surface area contributed by atoms with E-state index >= 15 is 0 Å². The molecule has 0 bridgehead atoms. The van der Waals surface area contributed by atoms with E-state index in [9.17, 15) is 14.0 Å². The van der Waals surface area contributed by atoms with Gasteiger partial charge in [-0.15, -0.1) is 10.2 Å². The summed E-state index contributed by atoms with van der Waals surface area (Å²) >= 11 is 1.21. The van der Waals surface area contributed by atoms with Crippen molar-refractivity contribution in [2.24, 2.45) is 0 Å². The van der Waals surface area contributed by atoms with Crippen molar-refractivity contribution in [2.75, 3.05) is 19.4 Å². The maximum absolute atomic E-state index is 14.1. The molecule has 0 radical (unpaired) electrons. The molecular formula is C16H17FN4O3S. The van der Waals surface area contributed by atoms with Gasteiger partial charge in [0.25, 0.3) is 0 Å². The second kappa shape index (κ2) is 7.64. The van der Waals surface area contributed by atoms with Gasteiger partial charge in [0, 0.05) is 6.04 Å². The highest BCUT2D eigenvalue weighted by Crippen LogP contribution is 2.41. The molecule has 7 nitrogen and oxygen atoms in total. The number of esters is 1. The summed E-state index contributed by atoms with van der Waals surface area (Å²) in [6.07, 6.45) is 1.95. The second-order valence-electron chi connectivity index (χ2n) is 5.53. The Morgan fingerprint density at radius 2 is 2.12 bits per heavy atom. The number of ether oxygens (including phenoxy) is 1. The van der Waals surface area contributed by atoms with E-state index in [0.717, 1.165) is 12.8 Å². The van der Waals surface area contributed by atoms with E-state index in [2.05, 4.69) is 20.3 Å². The monoisotopic (exact) mass is 364 g/mol. The van der Waals surface area contributed by atoms with Gasteiger partial charge >= 0.3 is 5.97 Å². The van der Waals surface area contributed by atoms with E-state index in [1.54, 1.807) is 18.2 Å². The van der Waals surface area contributed by atoms with Crippen LogP contribution >= 0.6 is 11.8 Å². The first-order chi connectivity index (χ1) is 12.1.